The van der Waals surface area contributed by atoms with Gasteiger partial charge >= 0.3 is 0 Å². The maximum atomic E-state index is 3.35. The van der Waals surface area contributed by atoms with E-state index in [1.54, 1.807) is 0 Å². The minimum absolute atomic E-state index is 0.989. The molecule has 0 spiro atoms. The van der Waals surface area contributed by atoms with Gasteiger partial charge in [0.2, 0.25) is 0 Å². The van der Waals surface area contributed by atoms with Crippen LogP contribution in [0, 0.1) is 0 Å². The van der Waals surface area contributed by atoms with Gasteiger partial charge in [-0.2, -0.15) is 0 Å². The van der Waals surface area contributed by atoms with Crippen molar-refractivity contribution in [1.82, 2.24) is 10.4 Å². The summed E-state index contributed by atoms with van der Waals surface area (Å²) in [7, 11) is 0. The summed E-state index contributed by atoms with van der Waals surface area (Å²) < 4.78 is 0. The first kappa shape index (κ1) is 9.33. The summed E-state index contributed by atoms with van der Waals surface area (Å²) >= 11 is 0. The highest BCUT2D eigenvalue weighted by molar-refractivity contribution is 5.07. The van der Waals surface area contributed by atoms with Crippen molar-refractivity contribution in [3.05, 3.63) is 24.4 Å². The highest BCUT2D eigenvalue weighted by atomic mass is 15.5. The van der Waals surface area contributed by atoms with Gasteiger partial charge in [-0.15, -0.1) is 0 Å². The Morgan fingerprint density at radius 1 is 1.33 bits per heavy atom. The number of nitrogens with one attached hydrogen (secondary N) is 1. The van der Waals surface area contributed by atoms with E-state index in [-0.39, 0.29) is 0 Å². The van der Waals surface area contributed by atoms with Crippen LogP contribution < -0.4 is 5.43 Å². The zero-order valence-electron chi connectivity index (χ0n) is 7.79. The molecule has 0 aromatic carbocycles. The van der Waals surface area contributed by atoms with Gasteiger partial charge in [0.1, 0.15) is 0 Å². The molecule has 1 N–H and O–H groups in total. The lowest BCUT2D eigenvalue weighted by molar-refractivity contribution is 0.291. The number of hydrogen-bond donors (Lipinski definition) is 1. The Balaban J connectivity index is 2.00. The monoisotopic (exact) mass is 166 g/mol. The van der Waals surface area contributed by atoms with E-state index in [0.717, 1.165) is 13.1 Å². The Bertz CT molecular complexity index is 161. The fourth-order valence-electron chi connectivity index (χ4n) is 1.18. The quantitative estimate of drug-likeness (QED) is 0.629. The molecule has 0 aliphatic carbocycles. The first-order valence-corrected chi connectivity index (χ1v) is 4.77. The fourth-order valence-corrected chi connectivity index (χ4v) is 1.18. The highest BCUT2D eigenvalue weighted by Gasteiger charge is 1.96. The van der Waals surface area contributed by atoms with Crippen LogP contribution in [-0.2, 0) is 0 Å². The average molecular weight is 166 g/mol. The molecule has 1 aliphatic rings. The number of rotatable bonds is 5. The van der Waals surface area contributed by atoms with Crippen molar-refractivity contribution < 1.29 is 0 Å². The number of hydrogen-bond acceptors (Lipinski definition) is 2. The summed E-state index contributed by atoms with van der Waals surface area (Å²) in [6.07, 6.45) is 12.2. The second kappa shape index (κ2) is 5.84. The van der Waals surface area contributed by atoms with Crippen molar-refractivity contribution in [2.45, 2.75) is 26.2 Å². The van der Waals surface area contributed by atoms with Crippen LogP contribution in [0.1, 0.15) is 26.2 Å². The molecular weight excluding hydrogens is 148 g/mol. The van der Waals surface area contributed by atoms with Crippen LogP contribution in [0.2, 0.25) is 0 Å². The molecule has 0 saturated heterocycles. The van der Waals surface area contributed by atoms with Crippen LogP contribution in [0.25, 0.3) is 0 Å². The van der Waals surface area contributed by atoms with Crippen LogP contribution >= 0.6 is 0 Å². The minimum Gasteiger partial charge on any atom is -0.312 e. The van der Waals surface area contributed by atoms with Crippen LogP contribution in [0.5, 0.6) is 0 Å². The van der Waals surface area contributed by atoms with Gasteiger partial charge < -0.3 is 5.01 Å². The van der Waals surface area contributed by atoms with Crippen molar-refractivity contribution in [1.29, 1.82) is 0 Å². The lowest BCUT2D eigenvalue weighted by Crippen LogP contribution is -2.34. The molecule has 0 radical (unpaired) electrons. The Morgan fingerprint density at radius 3 is 2.92 bits per heavy atom. The van der Waals surface area contributed by atoms with Crippen molar-refractivity contribution in [3.63, 3.8) is 0 Å². The molecule has 0 aromatic rings. The molecule has 0 saturated carbocycles. The Hall–Kier alpha value is -0.760. The molecule has 0 fully saturated rings. The molecular formula is C10H18N2. The van der Waals surface area contributed by atoms with Crippen molar-refractivity contribution in [2.75, 3.05) is 13.1 Å². The van der Waals surface area contributed by atoms with E-state index in [1.807, 2.05) is 0 Å². The zero-order chi connectivity index (χ0) is 8.65. The average Bonchev–Trinajstić information content (AvgIpc) is 2.14. The molecule has 0 aromatic heterocycles. The zero-order valence-corrected chi connectivity index (χ0v) is 7.79. The Morgan fingerprint density at radius 2 is 2.25 bits per heavy atom. The topological polar surface area (TPSA) is 15.3 Å². The second-order valence-electron chi connectivity index (χ2n) is 3.04. The largest absolute Gasteiger partial charge is 0.312 e. The van der Waals surface area contributed by atoms with E-state index in [9.17, 15) is 0 Å². The van der Waals surface area contributed by atoms with Gasteiger partial charge in [0.25, 0.3) is 0 Å². The van der Waals surface area contributed by atoms with Crippen molar-refractivity contribution in [2.24, 2.45) is 0 Å². The first-order chi connectivity index (χ1) is 5.93. The Kier molecular flexibility index (Phi) is 4.54. The van der Waals surface area contributed by atoms with Crippen LogP contribution in [0.3, 0.4) is 0 Å². The predicted octanol–water partition coefficient (Wildman–Crippen LogP) is 2.07. The normalized spacial score (nSPS) is 15.6. The van der Waals surface area contributed by atoms with E-state index in [0.29, 0.717) is 0 Å². The van der Waals surface area contributed by atoms with Crippen LogP contribution in [0.15, 0.2) is 24.4 Å². The maximum Gasteiger partial charge on any atom is 0.0521 e. The van der Waals surface area contributed by atoms with Gasteiger partial charge in [0.05, 0.1) is 6.54 Å². The third kappa shape index (κ3) is 3.58. The molecule has 2 heteroatoms. The smallest absolute Gasteiger partial charge is 0.0521 e. The predicted molar refractivity (Wildman–Crippen MR) is 52.5 cm³/mol. The maximum absolute atomic E-state index is 3.35. The van der Waals surface area contributed by atoms with Crippen molar-refractivity contribution in [3.8, 4) is 0 Å². The molecule has 0 bridgehead atoms. The van der Waals surface area contributed by atoms with Gasteiger partial charge in [0, 0.05) is 12.7 Å². The Labute approximate surface area is 74.9 Å². The fraction of sp³-hybridized carbons (Fsp3) is 0.600. The van der Waals surface area contributed by atoms with E-state index < -0.39 is 0 Å². The van der Waals surface area contributed by atoms with Gasteiger partial charge in [-0.1, -0.05) is 31.9 Å². The standard InChI is InChI=1S/C10H18N2/c1-2-3-5-8-11-12-9-6-4-7-10-12/h4,6-7,9,11H,2-3,5,8,10H2,1H3. The summed E-state index contributed by atoms with van der Waals surface area (Å²) in [4.78, 5) is 0. The highest BCUT2D eigenvalue weighted by Crippen LogP contribution is 1.96. The molecule has 1 aliphatic heterocycles. The summed E-state index contributed by atoms with van der Waals surface area (Å²) in [5.41, 5.74) is 3.35. The minimum atomic E-state index is 0.989. The van der Waals surface area contributed by atoms with E-state index in [1.165, 1.54) is 19.3 Å². The third-order valence-electron chi connectivity index (χ3n) is 1.91. The van der Waals surface area contributed by atoms with Gasteiger partial charge in [-0.05, 0) is 12.5 Å². The molecule has 1 rings (SSSR count). The number of unbranched alkanes of at least 4 members (excludes halogenated alkanes) is 2. The van der Waals surface area contributed by atoms with Gasteiger partial charge in [0.15, 0.2) is 0 Å². The number of hydrazine groups is 1. The summed E-state index contributed by atoms with van der Waals surface area (Å²) in [6.45, 7) is 4.30. The van der Waals surface area contributed by atoms with Gasteiger partial charge in [-0.3, -0.25) is 0 Å². The van der Waals surface area contributed by atoms with E-state index in [4.69, 9.17) is 0 Å². The molecule has 0 amide bonds. The number of allylic oxidation sites excluding steroid dienone is 2. The van der Waals surface area contributed by atoms with E-state index in [2.05, 4.69) is 41.8 Å². The molecule has 0 unspecified atom stereocenters. The van der Waals surface area contributed by atoms with Crippen molar-refractivity contribution >= 4 is 0 Å². The summed E-state index contributed by atoms with van der Waals surface area (Å²) in [5, 5.41) is 2.12. The molecule has 68 valence electrons. The van der Waals surface area contributed by atoms with Crippen LogP contribution in [-0.4, -0.2) is 18.1 Å². The summed E-state index contributed by atoms with van der Waals surface area (Å²) in [5.74, 6) is 0. The SMILES string of the molecule is CCCCCNN1C=CC=CC1. The first-order valence-electron chi connectivity index (χ1n) is 4.77. The molecule has 1 heterocycles. The molecule has 2 nitrogen and oxygen atoms in total. The molecule has 12 heavy (non-hydrogen) atoms. The lowest BCUT2D eigenvalue weighted by atomic mass is 10.2. The third-order valence-corrected chi connectivity index (χ3v) is 1.91. The van der Waals surface area contributed by atoms with Crippen LogP contribution in [0.4, 0.5) is 0 Å². The summed E-state index contributed by atoms with van der Waals surface area (Å²) in [6, 6.07) is 0. The molecule has 0 atom stereocenters. The second-order valence-corrected chi connectivity index (χ2v) is 3.04. The lowest BCUT2D eigenvalue weighted by Gasteiger charge is -2.21. The number of nitrogens with zero attached hydrogens (tertiary/aromatic N) is 1. The van der Waals surface area contributed by atoms with Gasteiger partial charge in [-0.25, -0.2) is 5.43 Å². The van der Waals surface area contributed by atoms with E-state index >= 15 is 0 Å².